The maximum Gasteiger partial charge on any atom is 0.00722 e. The zero-order valence-corrected chi connectivity index (χ0v) is 6.28. The fourth-order valence-electron chi connectivity index (χ4n) is 1.28. The Labute approximate surface area is 56.9 Å². The van der Waals surface area contributed by atoms with Gasteiger partial charge in [-0.2, -0.15) is 0 Å². The quantitative estimate of drug-likeness (QED) is 0.526. The van der Waals surface area contributed by atoms with Crippen molar-refractivity contribution < 1.29 is 0 Å². The van der Waals surface area contributed by atoms with E-state index in [0.29, 0.717) is 0 Å². The van der Waals surface area contributed by atoms with Gasteiger partial charge in [0.1, 0.15) is 0 Å². The Morgan fingerprint density at radius 1 is 1.56 bits per heavy atom. The fourth-order valence-corrected chi connectivity index (χ4v) is 1.28. The van der Waals surface area contributed by atoms with Crippen LogP contribution in [0.25, 0.3) is 0 Å². The first-order valence-electron chi connectivity index (χ1n) is 3.64. The number of rotatable bonds is 0. The smallest absolute Gasteiger partial charge is 0.00722 e. The fraction of sp³-hybridized carbons (Fsp3) is 0.750. The second kappa shape index (κ2) is 2.42. The van der Waals surface area contributed by atoms with Gasteiger partial charge in [-0.1, -0.05) is 12.5 Å². The summed E-state index contributed by atoms with van der Waals surface area (Å²) < 4.78 is 0. The molecule has 1 aliphatic carbocycles. The van der Waals surface area contributed by atoms with Crippen LogP contribution in [-0.4, -0.2) is 0 Å². The lowest BCUT2D eigenvalue weighted by Gasteiger charge is -2.19. The molecular weight excluding hydrogens is 110 g/mol. The number of hydrogen-bond donors (Lipinski definition) is 1. The van der Waals surface area contributed by atoms with E-state index in [0.717, 1.165) is 18.0 Å². The van der Waals surface area contributed by atoms with Gasteiger partial charge in [0.15, 0.2) is 0 Å². The van der Waals surface area contributed by atoms with Crippen LogP contribution in [-0.2, 0) is 0 Å². The van der Waals surface area contributed by atoms with E-state index in [1.165, 1.54) is 18.4 Å². The molecular formula is C8H15N. The zero-order valence-electron chi connectivity index (χ0n) is 6.28. The molecule has 1 nitrogen and oxygen atoms in total. The monoisotopic (exact) mass is 125 g/mol. The van der Waals surface area contributed by atoms with Crippen LogP contribution in [0.2, 0.25) is 0 Å². The molecule has 52 valence electrons. The lowest BCUT2D eigenvalue weighted by atomic mass is 9.89. The van der Waals surface area contributed by atoms with Gasteiger partial charge in [-0.05, 0) is 32.1 Å². The summed E-state index contributed by atoms with van der Waals surface area (Å²) in [5.74, 6) is 0.814. The molecule has 0 aromatic heterocycles. The topological polar surface area (TPSA) is 26.0 Å². The van der Waals surface area contributed by atoms with Crippen molar-refractivity contribution in [2.45, 2.75) is 33.1 Å². The van der Waals surface area contributed by atoms with Gasteiger partial charge < -0.3 is 5.73 Å². The van der Waals surface area contributed by atoms with E-state index in [9.17, 15) is 0 Å². The summed E-state index contributed by atoms with van der Waals surface area (Å²) in [7, 11) is 0. The zero-order chi connectivity index (χ0) is 6.85. The molecule has 0 amide bonds. The van der Waals surface area contributed by atoms with E-state index in [-0.39, 0.29) is 0 Å². The highest BCUT2D eigenvalue weighted by Gasteiger charge is 2.11. The molecule has 0 spiro atoms. The molecule has 9 heavy (non-hydrogen) atoms. The van der Waals surface area contributed by atoms with E-state index in [4.69, 9.17) is 5.73 Å². The average molecular weight is 125 g/mol. The van der Waals surface area contributed by atoms with Crippen molar-refractivity contribution in [1.29, 1.82) is 0 Å². The highest BCUT2D eigenvalue weighted by Crippen LogP contribution is 2.25. The lowest BCUT2D eigenvalue weighted by Crippen LogP contribution is -2.11. The van der Waals surface area contributed by atoms with E-state index in [2.05, 4.69) is 13.8 Å². The highest BCUT2D eigenvalue weighted by molar-refractivity contribution is 5.11. The summed E-state index contributed by atoms with van der Waals surface area (Å²) in [4.78, 5) is 0. The van der Waals surface area contributed by atoms with E-state index < -0.39 is 0 Å². The van der Waals surface area contributed by atoms with Crippen LogP contribution in [0.15, 0.2) is 11.3 Å². The van der Waals surface area contributed by atoms with Crippen molar-refractivity contribution >= 4 is 0 Å². The van der Waals surface area contributed by atoms with Gasteiger partial charge in [0.2, 0.25) is 0 Å². The molecule has 2 N–H and O–H groups in total. The Morgan fingerprint density at radius 3 is 2.67 bits per heavy atom. The third-order valence-electron chi connectivity index (χ3n) is 2.13. The second-order valence-electron chi connectivity index (χ2n) is 3.15. The van der Waals surface area contributed by atoms with E-state index in [1.807, 2.05) is 0 Å². The van der Waals surface area contributed by atoms with Crippen molar-refractivity contribution in [3.63, 3.8) is 0 Å². The normalized spacial score (nSPS) is 28.9. The van der Waals surface area contributed by atoms with Gasteiger partial charge in [-0.25, -0.2) is 0 Å². The second-order valence-corrected chi connectivity index (χ2v) is 3.15. The SMILES string of the molecule is CC1=C(N)CC(C)CC1. The van der Waals surface area contributed by atoms with Crippen LogP contribution >= 0.6 is 0 Å². The molecule has 0 saturated heterocycles. The van der Waals surface area contributed by atoms with Crippen molar-refractivity contribution in [3.8, 4) is 0 Å². The number of allylic oxidation sites excluding steroid dienone is 2. The summed E-state index contributed by atoms with van der Waals surface area (Å²) in [6.45, 7) is 4.40. The Kier molecular flexibility index (Phi) is 1.79. The standard InChI is InChI=1S/C8H15N/c1-6-3-4-7(2)8(9)5-6/h6H,3-5,9H2,1-2H3. The summed E-state index contributed by atoms with van der Waals surface area (Å²) >= 11 is 0. The minimum atomic E-state index is 0.814. The van der Waals surface area contributed by atoms with Crippen LogP contribution in [0.5, 0.6) is 0 Å². The highest BCUT2D eigenvalue weighted by atomic mass is 14.6. The first-order valence-corrected chi connectivity index (χ1v) is 3.64. The largest absolute Gasteiger partial charge is 0.402 e. The van der Waals surface area contributed by atoms with Gasteiger partial charge in [0, 0.05) is 5.70 Å². The molecule has 0 heterocycles. The van der Waals surface area contributed by atoms with Crippen LogP contribution in [0.3, 0.4) is 0 Å². The summed E-state index contributed by atoms with van der Waals surface area (Å²) in [5, 5.41) is 0. The third kappa shape index (κ3) is 1.47. The molecule has 0 aliphatic heterocycles. The minimum absolute atomic E-state index is 0.814. The average Bonchev–Trinajstić information content (AvgIpc) is 1.80. The Balaban J connectivity index is 2.61. The first-order chi connectivity index (χ1) is 4.20. The predicted octanol–water partition coefficient (Wildman–Crippen LogP) is 2.04. The maximum atomic E-state index is 5.75. The molecule has 0 saturated carbocycles. The van der Waals surface area contributed by atoms with Crippen LogP contribution in [0.1, 0.15) is 33.1 Å². The summed E-state index contributed by atoms with van der Waals surface area (Å²) in [5.41, 5.74) is 8.29. The number of hydrogen-bond acceptors (Lipinski definition) is 1. The Hall–Kier alpha value is -0.460. The summed E-state index contributed by atoms with van der Waals surface area (Å²) in [6, 6.07) is 0. The van der Waals surface area contributed by atoms with Crippen molar-refractivity contribution in [1.82, 2.24) is 0 Å². The third-order valence-corrected chi connectivity index (χ3v) is 2.13. The Bertz CT molecular complexity index is 136. The molecule has 1 unspecified atom stereocenters. The minimum Gasteiger partial charge on any atom is -0.402 e. The summed E-state index contributed by atoms with van der Waals surface area (Å²) in [6.07, 6.45) is 3.66. The molecule has 1 aliphatic rings. The predicted molar refractivity (Wildman–Crippen MR) is 39.9 cm³/mol. The van der Waals surface area contributed by atoms with E-state index in [1.54, 1.807) is 0 Å². The van der Waals surface area contributed by atoms with Crippen LogP contribution < -0.4 is 5.73 Å². The van der Waals surface area contributed by atoms with Crippen molar-refractivity contribution in [2.24, 2.45) is 11.7 Å². The van der Waals surface area contributed by atoms with Crippen molar-refractivity contribution in [3.05, 3.63) is 11.3 Å². The molecule has 1 atom stereocenters. The van der Waals surface area contributed by atoms with Gasteiger partial charge >= 0.3 is 0 Å². The van der Waals surface area contributed by atoms with Gasteiger partial charge in [0.05, 0.1) is 0 Å². The van der Waals surface area contributed by atoms with E-state index >= 15 is 0 Å². The molecule has 0 aromatic carbocycles. The lowest BCUT2D eigenvalue weighted by molar-refractivity contribution is 0.493. The molecule has 0 fully saturated rings. The molecule has 1 rings (SSSR count). The molecule has 0 aromatic rings. The first kappa shape index (κ1) is 6.66. The molecule has 0 bridgehead atoms. The Morgan fingerprint density at radius 2 is 2.22 bits per heavy atom. The van der Waals surface area contributed by atoms with Gasteiger partial charge in [-0.15, -0.1) is 0 Å². The number of nitrogens with two attached hydrogens (primary N) is 1. The van der Waals surface area contributed by atoms with Crippen molar-refractivity contribution in [2.75, 3.05) is 0 Å². The molecule has 0 radical (unpaired) electrons. The molecule has 1 heteroatoms. The van der Waals surface area contributed by atoms with Gasteiger partial charge in [0.25, 0.3) is 0 Å². The van der Waals surface area contributed by atoms with Crippen LogP contribution in [0, 0.1) is 5.92 Å². The van der Waals surface area contributed by atoms with Gasteiger partial charge in [-0.3, -0.25) is 0 Å². The maximum absolute atomic E-state index is 5.75. The van der Waals surface area contributed by atoms with Crippen LogP contribution in [0.4, 0.5) is 0 Å².